The van der Waals surface area contributed by atoms with Crippen LogP contribution in [-0.4, -0.2) is 26.6 Å². The van der Waals surface area contributed by atoms with E-state index in [9.17, 15) is 22.8 Å². The minimum atomic E-state index is -4.87. The summed E-state index contributed by atoms with van der Waals surface area (Å²) in [6, 6.07) is 13.9. The zero-order valence-corrected chi connectivity index (χ0v) is 19.3. The molecule has 0 aliphatic rings. The monoisotopic (exact) mass is 512 g/mol. The van der Waals surface area contributed by atoms with Crippen LogP contribution in [-0.2, 0) is 12.7 Å². The molecule has 8 nitrogen and oxygen atoms in total. The zero-order chi connectivity index (χ0) is 26.2. The number of pyridine rings is 1. The fourth-order valence-corrected chi connectivity index (χ4v) is 3.83. The Hall–Kier alpha value is -4.43. The van der Waals surface area contributed by atoms with Gasteiger partial charge in [-0.3, -0.25) is 14.3 Å². The molecule has 2 aromatic heterocycles. The van der Waals surface area contributed by atoms with Crippen molar-refractivity contribution in [1.29, 1.82) is 5.26 Å². The van der Waals surface area contributed by atoms with Crippen molar-refractivity contribution in [1.82, 2.24) is 14.8 Å². The van der Waals surface area contributed by atoms with Gasteiger partial charge < -0.3 is 11.1 Å². The molecule has 36 heavy (non-hydrogen) atoms. The smallest absolute Gasteiger partial charge is 0.364 e. The van der Waals surface area contributed by atoms with E-state index in [0.29, 0.717) is 11.1 Å². The Kier molecular flexibility index (Phi) is 6.39. The summed E-state index contributed by atoms with van der Waals surface area (Å²) in [5.74, 6) is -1.87. The summed E-state index contributed by atoms with van der Waals surface area (Å²) in [4.78, 5) is 29.0. The molecule has 0 bridgehead atoms. The van der Waals surface area contributed by atoms with Crippen molar-refractivity contribution < 1.29 is 22.8 Å². The number of alkyl halides is 3. The lowest BCUT2D eigenvalue weighted by atomic mass is 10.1. The van der Waals surface area contributed by atoms with Gasteiger partial charge in [-0.05, 0) is 36.8 Å². The number of primary amides is 1. The van der Waals surface area contributed by atoms with Crippen LogP contribution in [0.4, 0.5) is 18.9 Å². The number of benzene rings is 2. The van der Waals surface area contributed by atoms with Crippen molar-refractivity contribution in [2.45, 2.75) is 19.6 Å². The van der Waals surface area contributed by atoms with Gasteiger partial charge in [0.2, 0.25) is 0 Å². The lowest BCUT2D eigenvalue weighted by Gasteiger charge is -2.12. The Morgan fingerprint density at radius 1 is 1.19 bits per heavy atom. The number of amides is 2. The molecule has 0 unspecified atom stereocenters. The number of anilines is 1. The molecule has 0 saturated carbocycles. The largest absolute Gasteiger partial charge is 0.437 e. The van der Waals surface area contributed by atoms with Gasteiger partial charge in [-0.2, -0.15) is 23.5 Å². The molecule has 0 spiro atoms. The quantitative estimate of drug-likeness (QED) is 0.401. The van der Waals surface area contributed by atoms with Crippen LogP contribution in [0.1, 0.15) is 43.4 Å². The molecule has 0 saturated heterocycles. The fourth-order valence-electron chi connectivity index (χ4n) is 3.61. The first-order chi connectivity index (χ1) is 17.0. The van der Waals surface area contributed by atoms with E-state index in [-0.39, 0.29) is 39.4 Å². The van der Waals surface area contributed by atoms with E-state index >= 15 is 0 Å². The van der Waals surface area contributed by atoms with Crippen LogP contribution in [0.25, 0.3) is 10.9 Å². The van der Waals surface area contributed by atoms with Crippen LogP contribution in [0, 0.1) is 18.3 Å². The number of nitrogens with two attached hydrogens (primary N) is 1. The molecule has 0 fully saturated rings. The lowest BCUT2D eigenvalue weighted by molar-refractivity contribution is -0.140. The average Bonchev–Trinajstić information content (AvgIpc) is 3.14. The number of carbonyl (C=O) groups is 2. The number of para-hydroxylation sites is 1. The van der Waals surface area contributed by atoms with E-state index in [1.165, 1.54) is 37.3 Å². The third-order valence-electron chi connectivity index (χ3n) is 5.42. The third-order valence-corrected chi connectivity index (χ3v) is 5.72. The Bertz CT molecular complexity index is 1560. The van der Waals surface area contributed by atoms with Gasteiger partial charge in [0.25, 0.3) is 11.8 Å². The molecule has 0 aliphatic heterocycles. The molecule has 0 aliphatic carbocycles. The summed E-state index contributed by atoms with van der Waals surface area (Å²) >= 11 is 6.15. The number of halogens is 4. The molecule has 12 heteroatoms. The maximum Gasteiger partial charge on any atom is 0.437 e. The van der Waals surface area contributed by atoms with Crippen LogP contribution in [0.3, 0.4) is 0 Å². The molecule has 2 amide bonds. The van der Waals surface area contributed by atoms with Crippen molar-refractivity contribution in [2.75, 3.05) is 5.32 Å². The second-order valence-electron chi connectivity index (χ2n) is 7.78. The molecule has 2 heterocycles. The molecule has 0 atom stereocenters. The number of nitriles is 1. The predicted molar refractivity (Wildman–Crippen MR) is 125 cm³/mol. The standard InChI is InChI=1S/C24H16ClF3N6O2/c1-12-19(21(24(26,27)28)33-34(12)11-14-7-5-13(10-29)6-8-14)32-23(36)16-9-18(22(30)35)31-20-15(16)3-2-4-17(20)25/h2-9H,11H2,1H3,(H2,30,35)(H,32,36). The van der Waals surface area contributed by atoms with E-state index in [1.54, 1.807) is 12.1 Å². The summed E-state index contributed by atoms with van der Waals surface area (Å²) in [7, 11) is 0. The highest BCUT2D eigenvalue weighted by atomic mass is 35.5. The van der Waals surface area contributed by atoms with Crippen molar-refractivity contribution >= 4 is 40.0 Å². The van der Waals surface area contributed by atoms with Crippen molar-refractivity contribution in [2.24, 2.45) is 5.73 Å². The number of carbonyl (C=O) groups excluding carboxylic acids is 2. The van der Waals surface area contributed by atoms with Gasteiger partial charge in [0, 0.05) is 5.39 Å². The second kappa shape index (κ2) is 9.31. The highest BCUT2D eigenvalue weighted by Gasteiger charge is 2.39. The first-order valence-corrected chi connectivity index (χ1v) is 10.7. The molecule has 3 N–H and O–H groups in total. The SMILES string of the molecule is Cc1c(NC(=O)c2cc(C(N)=O)nc3c(Cl)cccc23)c(C(F)(F)F)nn1Cc1ccc(C#N)cc1. The Labute approximate surface area is 207 Å². The average molecular weight is 513 g/mol. The van der Waals surface area contributed by atoms with Crippen LogP contribution in [0.2, 0.25) is 5.02 Å². The summed E-state index contributed by atoms with van der Waals surface area (Å²) < 4.78 is 42.7. The van der Waals surface area contributed by atoms with E-state index in [1.807, 2.05) is 6.07 Å². The van der Waals surface area contributed by atoms with Gasteiger partial charge in [-0.1, -0.05) is 35.9 Å². The van der Waals surface area contributed by atoms with E-state index in [0.717, 1.165) is 10.7 Å². The Morgan fingerprint density at radius 3 is 2.50 bits per heavy atom. The number of nitrogens with one attached hydrogen (secondary N) is 1. The molecule has 2 aromatic carbocycles. The maximum atomic E-state index is 13.9. The number of nitrogens with zero attached hydrogens (tertiary/aromatic N) is 4. The van der Waals surface area contributed by atoms with Gasteiger partial charge in [0.05, 0.1) is 45.7 Å². The summed E-state index contributed by atoms with van der Waals surface area (Å²) in [6.45, 7) is 1.36. The highest BCUT2D eigenvalue weighted by molar-refractivity contribution is 6.35. The third kappa shape index (κ3) is 4.71. The lowest BCUT2D eigenvalue weighted by Crippen LogP contribution is -2.19. The van der Waals surface area contributed by atoms with Crippen LogP contribution < -0.4 is 11.1 Å². The molecular weight excluding hydrogens is 497 g/mol. The minimum Gasteiger partial charge on any atom is -0.364 e. The van der Waals surface area contributed by atoms with Gasteiger partial charge in [-0.25, -0.2) is 4.98 Å². The molecule has 0 radical (unpaired) electrons. The summed E-state index contributed by atoms with van der Waals surface area (Å²) in [5, 5.41) is 15.3. The van der Waals surface area contributed by atoms with Gasteiger partial charge in [-0.15, -0.1) is 0 Å². The van der Waals surface area contributed by atoms with Crippen LogP contribution >= 0.6 is 11.6 Å². The minimum absolute atomic E-state index is 0.0316. The van der Waals surface area contributed by atoms with Gasteiger partial charge in [0.1, 0.15) is 5.69 Å². The number of fused-ring (bicyclic) bond motifs is 1. The Morgan fingerprint density at radius 2 is 1.89 bits per heavy atom. The normalized spacial score (nSPS) is 11.3. The molecule has 182 valence electrons. The van der Waals surface area contributed by atoms with Crippen molar-refractivity contribution in [3.8, 4) is 6.07 Å². The number of hydrogen-bond donors (Lipinski definition) is 2. The highest BCUT2D eigenvalue weighted by Crippen LogP contribution is 2.36. The Balaban J connectivity index is 1.77. The van der Waals surface area contributed by atoms with E-state index in [4.69, 9.17) is 22.6 Å². The number of aromatic nitrogens is 3. The van der Waals surface area contributed by atoms with Crippen molar-refractivity contribution in [3.63, 3.8) is 0 Å². The van der Waals surface area contributed by atoms with Crippen LogP contribution in [0.15, 0.2) is 48.5 Å². The van der Waals surface area contributed by atoms with Crippen LogP contribution in [0.5, 0.6) is 0 Å². The first kappa shape index (κ1) is 24.7. The summed E-state index contributed by atoms with van der Waals surface area (Å²) in [6.07, 6.45) is -4.87. The second-order valence-corrected chi connectivity index (χ2v) is 8.19. The predicted octanol–water partition coefficient (Wildman–Crippen LogP) is 4.68. The van der Waals surface area contributed by atoms with Gasteiger partial charge >= 0.3 is 6.18 Å². The molecule has 4 aromatic rings. The van der Waals surface area contributed by atoms with E-state index < -0.39 is 29.4 Å². The molecule has 4 rings (SSSR count). The van der Waals surface area contributed by atoms with Crippen molar-refractivity contribution in [3.05, 3.63) is 87.3 Å². The first-order valence-electron chi connectivity index (χ1n) is 10.3. The summed E-state index contributed by atoms with van der Waals surface area (Å²) in [5.41, 5.74) is 4.25. The fraction of sp³-hybridized carbons (Fsp3) is 0.125. The van der Waals surface area contributed by atoms with Gasteiger partial charge in [0.15, 0.2) is 5.69 Å². The zero-order valence-electron chi connectivity index (χ0n) is 18.5. The number of hydrogen-bond acceptors (Lipinski definition) is 5. The molecular formula is C24H16ClF3N6O2. The van der Waals surface area contributed by atoms with E-state index in [2.05, 4.69) is 15.4 Å². The number of rotatable bonds is 5. The maximum absolute atomic E-state index is 13.9. The topological polar surface area (TPSA) is 127 Å².